The van der Waals surface area contributed by atoms with E-state index in [9.17, 15) is 8.42 Å². The van der Waals surface area contributed by atoms with Gasteiger partial charge in [-0.3, -0.25) is 4.72 Å². The van der Waals surface area contributed by atoms with E-state index in [4.69, 9.17) is 0 Å². The van der Waals surface area contributed by atoms with E-state index in [-0.39, 0.29) is 5.25 Å². The van der Waals surface area contributed by atoms with E-state index in [1.807, 2.05) is 30.3 Å². The molecule has 0 spiro atoms. The maximum atomic E-state index is 12.0. The van der Waals surface area contributed by atoms with Gasteiger partial charge in [-0.25, -0.2) is 8.42 Å². The summed E-state index contributed by atoms with van der Waals surface area (Å²) < 4.78 is 26.6. The second-order valence-corrected chi connectivity index (χ2v) is 7.51. The monoisotopic (exact) mass is 285 g/mol. The van der Waals surface area contributed by atoms with Gasteiger partial charge in [-0.2, -0.15) is 0 Å². The summed E-state index contributed by atoms with van der Waals surface area (Å²) in [6, 6.07) is 14.2. The van der Waals surface area contributed by atoms with E-state index >= 15 is 0 Å². The molecular formula is C16H15NO2S. The van der Waals surface area contributed by atoms with Gasteiger partial charge in [0.15, 0.2) is 0 Å². The Morgan fingerprint density at radius 1 is 0.950 bits per heavy atom. The van der Waals surface area contributed by atoms with Crippen molar-refractivity contribution in [1.82, 2.24) is 0 Å². The second kappa shape index (κ2) is 4.09. The molecule has 2 aliphatic rings. The van der Waals surface area contributed by atoms with Gasteiger partial charge in [0.1, 0.15) is 0 Å². The summed E-state index contributed by atoms with van der Waals surface area (Å²) in [5, 5.41) is -0.187. The maximum Gasteiger partial charge on any atom is 0.235 e. The number of anilines is 1. The summed E-state index contributed by atoms with van der Waals surface area (Å²) in [5.41, 5.74) is 5.67. The fourth-order valence-electron chi connectivity index (χ4n) is 2.83. The Bertz CT molecular complexity index is 792. The molecule has 102 valence electrons. The third kappa shape index (κ3) is 1.91. The summed E-state index contributed by atoms with van der Waals surface area (Å²) in [6.45, 7) is 0. The predicted molar refractivity (Wildman–Crippen MR) is 80.2 cm³/mol. The van der Waals surface area contributed by atoms with Crippen LogP contribution in [0.4, 0.5) is 5.69 Å². The molecule has 4 heteroatoms. The molecule has 0 bridgehead atoms. The van der Waals surface area contributed by atoms with Gasteiger partial charge < -0.3 is 0 Å². The van der Waals surface area contributed by atoms with E-state index in [0.29, 0.717) is 5.69 Å². The first-order valence-electron chi connectivity index (χ1n) is 6.86. The SMILES string of the molecule is O=S(=O)(Nc1ccc2c(c1)Cc1ccccc1-2)C1CC1. The molecule has 4 rings (SSSR count). The molecule has 0 unspecified atom stereocenters. The normalized spacial score (nSPS) is 16.6. The molecule has 0 saturated heterocycles. The van der Waals surface area contributed by atoms with Crippen LogP contribution in [0.5, 0.6) is 0 Å². The highest BCUT2D eigenvalue weighted by molar-refractivity contribution is 7.93. The lowest BCUT2D eigenvalue weighted by Gasteiger charge is -2.09. The van der Waals surface area contributed by atoms with E-state index in [2.05, 4.69) is 16.9 Å². The Kier molecular flexibility index (Phi) is 2.45. The molecule has 1 N–H and O–H groups in total. The maximum absolute atomic E-state index is 12.0. The van der Waals surface area contributed by atoms with E-state index < -0.39 is 10.0 Å². The molecule has 0 aliphatic heterocycles. The van der Waals surface area contributed by atoms with Gasteiger partial charge >= 0.3 is 0 Å². The van der Waals surface area contributed by atoms with Crippen LogP contribution in [0, 0.1) is 0 Å². The first-order valence-corrected chi connectivity index (χ1v) is 8.41. The average Bonchev–Trinajstić information content (AvgIpc) is 3.20. The van der Waals surface area contributed by atoms with Crippen molar-refractivity contribution in [2.75, 3.05) is 4.72 Å². The summed E-state index contributed by atoms with van der Waals surface area (Å²) in [5.74, 6) is 0. The molecule has 0 atom stereocenters. The van der Waals surface area contributed by atoms with Crippen LogP contribution in [0.15, 0.2) is 42.5 Å². The van der Waals surface area contributed by atoms with Gasteiger partial charge in [0, 0.05) is 5.69 Å². The van der Waals surface area contributed by atoms with Crippen molar-refractivity contribution < 1.29 is 8.42 Å². The van der Waals surface area contributed by atoms with Crippen LogP contribution in [-0.2, 0) is 16.4 Å². The summed E-state index contributed by atoms with van der Waals surface area (Å²) in [6.07, 6.45) is 2.45. The van der Waals surface area contributed by atoms with Crippen molar-refractivity contribution in [3.63, 3.8) is 0 Å². The lowest BCUT2D eigenvalue weighted by Crippen LogP contribution is -2.17. The van der Waals surface area contributed by atoms with Crippen molar-refractivity contribution in [2.45, 2.75) is 24.5 Å². The molecule has 2 aromatic carbocycles. The molecule has 0 amide bonds. The van der Waals surface area contributed by atoms with Gasteiger partial charge in [0.25, 0.3) is 0 Å². The third-order valence-corrected chi connectivity index (χ3v) is 5.89. The van der Waals surface area contributed by atoms with Gasteiger partial charge in [0.2, 0.25) is 10.0 Å². The zero-order chi connectivity index (χ0) is 13.7. The number of fused-ring (bicyclic) bond motifs is 3. The number of rotatable bonds is 3. The van der Waals surface area contributed by atoms with Gasteiger partial charge in [0.05, 0.1) is 5.25 Å². The molecule has 20 heavy (non-hydrogen) atoms. The van der Waals surface area contributed by atoms with Gasteiger partial charge in [-0.1, -0.05) is 30.3 Å². The molecule has 3 nitrogen and oxygen atoms in total. The molecule has 2 aromatic rings. The minimum absolute atomic E-state index is 0.187. The molecule has 2 aliphatic carbocycles. The number of hydrogen-bond donors (Lipinski definition) is 1. The fourth-order valence-corrected chi connectivity index (χ4v) is 4.21. The fraction of sp³-hybridized carbons (Fsp3) is 0.250. The second-order valence-electron chi connectivity index (χ2n) is 5.55. The molecule has 1 fully saturated rings. The van der Waals surface area contributed by atoms with Crippen LogP contribution < -0.4 is 4.72 Å². The molecule has 0 radical (unpaired) electrons. The number of nitrogens with one attached hydrogen (secondary N) is 1. The molecule has 1 saturated carbocycles. The van der Waals surface area contributed by atoms with Gasteiger partial charge in [-0.15, -0.1) is 0 Å². The summed E-state index contributed by atoms with van der Waals surface area (Å²) in [4.78, 5) is 0. The standard InChI is InChI=1S/C16H15NO2S/c18-20(19,14-6-7-14)17-13-5-8-16-12(10-13)9-11-3-1-2-4-15(11)16/h1-5,8,10,14,17H,6-7,9H2. The molecular weight excluding hydrogens is 270 g/mol. The van der Waals surface area contributed by atoms with E-state index in [1.54, 1.807) is 0 Å². The topological polar surface area (TPSA) is 46.2 Å². The van der Waals surface area contributed by atoms with Crippen molar-refractivity contribution in [3.8, 4) is 11.1 Å². The smallest absolute Gasteiger partial charge is 0.235 e. The highest BCUT2D eigenvalue weighted by atomic mass is 32.2. The zero-order valence-electron chi connectivity index (χ0n) is 11.0. The largest absolute Gasteiger partial charge is 0.283 e. The minimum atomic E-state index is -3.17. The minimum Gasteiger partial charge on any atom is -0.283 e. The highest BCUT2D eigenvalue weighted by Gasteiger charge is 2.35. The van der Waals surface area contributed by atoms with Crippen molar-refractivity contribution in [1.29, 1.82) is 0 Å². The average molecular weight is 285 g/mol. The van der Waals surface area contributed by atoms with E-state index in [1.165, 1.54) is 22.3 Å². The third-order valence-electron chi connectivity index (χ3n) is 4.02. The van der Waals surface area contributed by atoms with Crippen molar-refractivity contribution in [3.05, 3.63) is 53.6 Å². The van der Waals surface area contributed by atoms with Crippen LogP contribution in [0.2, 0.25) is 0 Å². The number of benzene rings is 2. The number of hydrogen-bond acceptors (Lipinski definition) is 2. The van der Waals surface area contributed by atoms with Crippen LogP contribution in [0.3, 0.4) is 0 Å². The van der Waals surface area contributed by atoms with Crippen LogP contribution in [0.1, 0.15) is 24.0 Å². The van der Waals surface area contributed by atoms with Crippen LogP contribution >= 0.6 is 0 Å². The van der Waals surface area contributed by atoms with E-state index in [0.717, 1.165) is 19.3 Å². The summed E-state index contributed by atoms with van der Waals surface area (Å²) in [7, 11) is -3.17. The van der Waals surface area contributed by atoms with Gasteiger partial charge in [-0.05, 0) is 53.6 Å². The Hall–Kier alpha value is -1.81. The van der Waals surface area contributed by atoms with Crippen molar-refractivity contribution >= 4 is 15.7 Å². The molecule has 0 heterocycles. The Balaban J connectivity index is 1.68. The first-order chi connectivity index (χ1) is 9.63. The Morgan fingerprint density at radius 2 is 1.70 bits per heavy atom. The summed E-state index contributed by atoms with van der Waals surface area (Å²) >= 11 is 0. The van der Waals surface area contributed by atoms with Crippen LogP contribution in [0.25, 0.3) is 11.1 Å². The quantitative estimate of drug-likeness (QED) is 0.803. The lowest BCUT2D eigenvalue weighted by molar-refractivity contribution is 0.600. The zero-order valence-corrected chi connectivity index (χ0v) is 11.8. The predicted octanol–water partition coefficient (Wildman–Crippen LogP) is 3.16. The molecule has 0 aromatic heterocycles. The Labute approximate surface area is 118 Å². The lowest BCUT2D eigenvalue weighted by atomic mass is 10.1. The number of sulfonamides is 1. The van der Waals surface area contributed by atoms with Crippen LogP contribution in [-0.4, -0.2) is 13.7 Å². The van der Waals surface area contributed by atoms with Crippen molar-refractivity contribution in [2.24, 2.45) is 0 Å². The highest BCUT2D eigenvalue weighted by Crippen LogP contribution is 2.38. The first kappa shape index (κ1) is 12.0. The Morgan fingerprint density at radius 3 is 2.50 bits per heavy atom.